The molecular formula is C27H29ClFN5O3. The fourth-order valence-electron chi connectivity index (χ4n) is 4.29. The number of hydrogen-bond acceptors (Lipinski definition) is 7. The molecule has 8 nitrogen and oxygen atoms in total. The summed E-state index contributed by atoms with van der Waals surface area (Å²) >= 11 is 6.47. The van der Waals surface area contributed by atoms with Gasteiger partial charge in [0.1, 0.15) is 17.9 Å². The molecule has 0 aliphatic rings. The summed E-state index contributed by atoms with van der Waals surface area (Å²) in [6.07, 6.45) is 6.53. The van der Waals surface area contributed by atoms with Crippen molar-refractivity contribution in [3.8, 4) is 11.1 Å². The highest BCUT2D eigenvalue weighted by Crippen LogP contribution is 2.31. The van der Waals surface area contributed by atoms with Crippen LogP contribution < -0.4 is 5.32 Å². The molecule has 0 saturated carbocycles. The van der Waals surface area contributed by atoms with Gasteiger partial charge >= 0.3 is 0 Å². The summed E-state index contributed by atoms with van der Waals surface area (Å²) in [5.74, 6) is 0.795. The fraction of sp³-hybridized carbons (Fsp3) is 0.296. The molecule has 0 unspecified atom stereocenters. The van der Waals surface area contributed by atoms with Crippen molar-refractivity contribution in [3.05, 3.63) is 82.7 Å². The Morgan fingerprint density at radius 1 is 1.24 bits per heavy atom. The molecule has 0 radical (unpaired) electrons. The second kappa shape index (κ2) is 12.1. The Morgan fingerprint density at radius 2 is 2.08 bits per heavy atom. The number of aldehydes is 1. The van der Waals surface area contributed by atoms with Crippen molar-refractivity contribution < 1.29 is 18.4 Å². The molecule has 0 fully saturated rings. The molecule has 10 heteroatoms. The van der Waals surface area contributed by atoms with Crippen LogP contribution in [0.15, 0.2) is 59.6 Å². The van der Waals surface area contributed by atoms with Gasteiger partial charge in [0.15, 0.2) is 12.1 Å². The molecule has 0 aliphatic carbocycles. The highest BCUT2D eigenvalue weighted by Gasteiger charge is 2.20. The number of carbonyl (C=O) groups excluding carboxylic acids is 1. The summed E-state index contributed by atoms with van der Waals surface area (Å²) in [5.41, 5.74) is 4.03. The molecule has 4 rings (SSSR count). The molecule has 3 aromatic heterocycles. The van der Waals surface area contributed by atoms with Crippen LogP contribution in [0.4, 0.5) is 16.0 Å². The minimum absolute atomic E-state index is 0.0748. The summed E-state index contributed by atoms with van der Waals surface area (Å²) in [4.78, 5) is 18.4. The number of rotatable bonds is 12. The molecule has 1 N–H and O–H groups in total. The van der Waals surface area contributed by atoms with E-state index in [0.717, 1.165) is 29.4 Å². The van der Waals surface area contributed by atoms with E-state index < -0.39 is 0 Å². The van der Waals surface area contributed by atoms with Crippen LogP contribution in [0.3, 0.4) is 0 Å². The van der Waals surface area contributed by atoms with Crippen LogP contribution in [0.5, 0.6) is 0 Å². The largest absolute Gasteiger partial charge is 0.383 e. The summed E-state index contributed by atoms with van der Waals surface area (Å²) in [6, 6.07) is 10.1. The van der Waals surface area contributed by atoms with E-state index in [-0.39, 0.29) is 11.9 Å². The van der Waals surface area contributed by atoms with Gasteiger partial charge in [-0.05, 0) is 48.9 Å². The normalized spacial score (nSPS) is 12.2. The third kappa shape index (κ3) is 6.43. The van der Waals surface area contributed by atoms with Gasteiger partial charge in [-0.1, -0.05) is 29.7 Å². The third-order valence-corrected chi connectivity index (χ3v) is 6.57. The SMILES string of the molecule is CCc1ccc(F)cc1CN(C)[C@@H](COC)Cn1cc(-c2cc(Nc3ccon3)ncc2Cl)cc1C=O. The van der Waals surface area contributed by atoms with Gasteiger partial charge in [0, 0.05) is 49.8 Å². The lowest BCUT2D eigenvalue weighted by atomic mass is 10.0. The van der Waals surface area contributed by atoms with Crippen molar-refractivity contribution >= 4 is 29.5 Å². The van der Waals surface area contributed by atoms with Crippen LogP contribution in [0.25, 0.3) is 11.1 Å². The van der Waals surface area contributed by atoms with Crippen molar-refractivity contribution in [2.24, 2.45) is 0 Å². The molecule has 0 amide bonds. The monoisotopic (exact) mass is 525 g/mol. The van der Waals surface area contributed by atoms with Gasteiger partial charge in [-0.15, -0.1) is 0 Å². The first-order valence-electron chi connectivity index (χ1n) is 11.9. The van der Waals surface area contributed by atoms with Crippen molar-refractivity contribution in [1.82, 2.24) is 19.6 Å². The Morgan fingerprint density at radius 3 is 2.78 bits per heavy atom. The number of nitrogens with zero attached hydrogens (tertiary/aromatic N) is 4. The molecule has 37 heavy (non-hydrogen) atoms. The Labute approximate surface area is 220 Å². The van der Waals surface area contributed by atoms with Crippen LogP contribution in [0.2, 0.25) is 5.02 Å². The van der Waals surface area contributed by atoms with E-state index in [9.17, 15) is 9.18 Å². The minimum atomic E-state index is -0.256. The second-order valence-corrected chi connectivity index (χ2v) is 9.18. The number of halogens is 2. The minimum Gasteiger partial charge on any atom is -0.383 e. The zero-order chi connectivity index (χ0) is 26.4. The number of ether oxygens (including phenoxy) is 1. The number of aryl methyl sites for hydroxylation is 1. The quantitative estimate of drug-likeness (QED) is 0.241. The maximum absolute atomic E-state index is 13.9. The molecule has 0 spiro atoms. The van der Waals surface area contributed by atoms with Gasteiger partial charge in [-0.3, -0.25) is 9.69 Å². The van der Waals surface area contributed by atoms with Gasteiger partial charge in [0.25, 0.3) is 0 Å². The predicted molar refractivity (Wildman–Crippen MR) is 141 cm³/mol. The van der Waals surface area contributed by atoms with Crippen LogP contribution in [-0.2, 0) is 24.2 Å². The van der Waals surface area contributed by atoms with Crippen LogP contribution in [-0.4, -0.2) is 52.7 Å². The lowest BCUT2D eigenvalue weighted by molar-refractivity contribution is 0.0906. The Kier molecular flexibility index (Phi) is 8.70. The average molecular weight is 526 g/mol. The zero-order valence-electron chi connectivity index (χ0n) is 20.9. The molecule has 1 aromatic carbocycles. The first kappa shape index (κ1) is 26.5. The number of carbonyl (C=O) groups is 1. The predicted octanol–water partition coefficient (Wildman–Crippen LogP) is 5.60. The van der Waals surface area contributed by atoms with Crippen molar-refractivity contribution in [1.29, 1.82) is 0 Å². The maximum atomic E-state index is 13.9. The lowest BCUT2D eigenvalue weighted by Crippen LogP contribution is -2.38. The van der Waals surface area contributed by atoms with Gasteiger partial charge in [0.2, 0.25) is 0 Å². The molecule has 4 aromatic rings. The number of hydrogen-bond donors (Lipinski definition) is 1. The molecule has 0 saturated heterocycles. The molecule has 194 valence electrons. The summed E-state index contributed by atoms with van der Waals surface area (Å²) < 4.78 is 26.2. The number of aromatic nitrogens is 3. The molecule has 0 aliphatic heterocycles. The number of methoxy groups -OCH3 is 1. The number of anilines is 2. The lowest BCUT2D eigenvalue weighted by Gasteiger charge is -2.29. The van der Waals surface area contributed by atoms with E-state index in [4.69, 9.17) is 20.9 Å². The van der Waals surface area contributed by atoms with E-state index in [1.54, 1.807) is 37.6 Å². The van der Waals surface area contributed by atoms with Crippen molar-refractivity contribution in [2.45, 2.75) is 32.5 Å². The number of benzene rings is 1. The highest BCUT2D eigenvalue weighted by molar-refractivity contribution is 6.33. The molecule has 1 atom stereocenters. The molecule has 3 heterocycles. The Bertz CT molecular complexity index is 1340. The van der Waals surface area contributed by atoms with Crippen LogP contribution in [0.1, 0.15) is 28.5 Å². The van der Waals surface area contributed by atoms with E-state index in [0.29, 0.717) is 47.6 Å². The van der Waals surface area contributed by atoms with E-state index >= 15 is 0 Å². The smallest absolute Gasteiger partial charge is 0.174 e. The summed E-state index contributed by atoms with van der Waals surface area (Å²) in [5, 5.41) is 7.34. The number of likely N-dealkylation sites (N-methyl/N-ethyl adjacent to an activating group) is 1. The van der Waals surface area contributed by atoms with Crippen LogP contribution in [0, 0.1) is 5.82 Å². The van der Waals surface area contributed by atoms with Crippen LogP contribution >= 0.6 is 11.6 Å². The maximum Gasteiger partial charge on any atom is 0.174 e. The first-order chi connectivity index (χ1) is 17.9. The number of pyridine rings is 1. The van der Waals surface area contributed by atoms with E-state index in [2.05, 4.69) is 27.3 Å². The van der Waals surface area contributed by atoms with Crippen molar-refractivity contribution in [2.75, 3.05) is 26.1 Å². The Hall–Kier alpha value is -3.53. The van der Waals surface area contributed by atoms with Gasteiger partial charge in [-0.25, -0.2) is 9.37 Å². The van der Waals surface area contributed by atoms with E-state index in [1.807, 2.05) is 23.9 Å². The fourth-order valence-corrected chi connectivity index (χ4v) is 4.50. The van der Waals surface area contributed by atoms with Gasteiger partial charge in [0.05, 0.1) is 23.4 Å². The number of nitrogens with one attached hydrogen (secondary N) is 1. The van der Waals surface area contributed by atoms with Gasteiger partial charge < -0.3 is 19.1 Å². The van der Waals surface area contributed by atoms with Crippen molar-refractivity contribution in [3.63, 3.8) is 0 Å². The topological polar surface area (TPSA) is 85.4 Å². The molecular weight excluding hydrogens is 497 g/mol. The Balaban J connectivity index is 1.58. The first-order valence-corrected chi connectivity index (χ1v) is 12.2. The van der Waals surface area contributed by atoms with E-state index in [1.165, 1.54) is 12.3 Å². The standard InChI is InChI=1S/C27H29ClFN5O3/c1-4-18-5-6-21(29)9-19(18)13-33(2)23(17-36-3)15-34-14-20(10-22(34)16-35)24-11-27(30-12-25(24)28)31-26-7-8-37-32-26/h5-12,14,16,23H,4,13,15,17H2,1-3H3,(H,30,31,32)/t23-/m1/s1. The zero-order valence-corrected chi connectivity index (χ0v) is 21.7. The third-order valence-electron chi connectivity index (χ3n) is 6.27. The summed E-state index contributed by atoms with van der Waals surface area (Å²) in [6.45, 7) is 3.52. The summed E-state index contributed by atoms with van der Waals surface area (Å²) in [7, 11) is 3.61. The second-order valence-electron chi connectivity index (χ2n) is 8.77. The highest BCUT2D eigenvalue weighted by atomic mass is 35.5. The molecule has 0 bridgehead atoms. The van der Waals surface area contributed by atoms with Gasteiger partial charge in [-0.2, -0.15) is 0 Å². The average Bonchev–Trinajstić information content (AvgIpc) is 3.55.